The Morgan fingerprint density at radius 3 is 1.98 bits per heavy atom. The fourth-order valence-corrected chi connectivity index (χ4v) is 5.16. The largest absolute Gasteiger partial charge is 0.397 e. The number of amides is 3. The Balaban J connectivity index is 1.30. The van der Waals surface area contributed by atoms with Gasteiger partial charge in [-0.3, -0.25) is 14.4 Å². The zero-order valence-electron chi connectivity index (χ0n) is 25.4. The number of nitrogens with one attached hydrogen (secondary N) is 2. The van der Waals surface area contributed by atoms with Gasteiger partial charge in [0.25, 0.3) is 11.8 Å². The second kappa shape index (κ2) is 14.2. The monoisotopic (exact) mass is 596 g/mol. The maximum atomic E-state index is 13.7. The highest BCUT2D eigenvalue weighted by atomic mass is 16.2. The quantitative estimate of drug-likeness (QED) is 0.155. The lowest BCUT2D eigenvalue weighted by Crippen LogP contribution is -2.40. The molecule has 5 aromatic rings. The summed E-state index contributed by atoms with van der Waals surface area (Å²) in [4.78, 5) is 41.3. The number of hydrogen-bond donors (Lipinski definition) is 3. The summed E-state index contributed by atoms with van der Waals surface area (Å²) in [5.74, 6) is -0.808. The highest BCUT2D eigenvalue weighted by Gasteiger charge is 2.20. The SMILES string of the molecule is Cc1cc(C)cc(C(=O)N(CC(=O)NCc2ccccc2)Cc2ccc(C(=O)Nc3cc(-c4ccccc4)ccc3N)cc2)c1. The maximum Gasteiger partial charge on any atom is 0.255 e. The Morgan fingerprint density at radius 1 is 0.667 bits per heavy atom. The van der Waals surface area contributed by atoms with Crippen molar-refractivity contribution in [3.8, 4) is 11.1 Å². The molecule has 0 saturated heterocycles. The van der Waals surface area contributed by atoms with E-state index in [2.05, 4.69) is 10.6 Å². The number of nitrogens with two attached hydrogens (primary N) is 1. The van der Waals surface area contributed by atoms with E-state index in [0.717, 1.165) is 33.4 Å². The van der Waals surface area contributed by atoms with E-state index < -0.39 is 0 Å². The van der Waals surface area contributed by atoms with E-state index in [4.69, 9.17) is 5.73 Å². The predicted octanol–water partition coefficient (Wildman–Crippen LogP) is 6.76. The molecule has 0 aromatic heterocycles. The summed E-state index contributed by atoms with van der Waals surface area (Å²) in [5, 5.41) is 5.83. The van der Waals surface area contributed by atoms with Gasteiger partial charge in [0.1, 0.15) is 6.54 Å². The minimum absolute atomic E-state index is 0.113. The van der Waals surface area contributed by atoms with Gasteiger partial charge >= 0.3 is 0 Å². The van der Waals surface area contributed by atoms with Gasteiger partial charge in [0, 0.05) is 24.2 Å². The molecular weight excluding hydrogens is 560 g/mol. The van der Waals surface area contributed by atoms with Crippen LogP contribution in [0, 0.1) is 13.8 Å². The summed E-state index contributed by atoms with van der Waals surface area (Å²) in [7, 11) is 0. The molecular formula is C38H36N4O3. The van der Waals surface area contributed by atoms with Crippen LogP contribution in [-0.2, 0) is 17.9 Å². The Morgan fingerprint density at radius 2 is 1.31 bits per heavy atom. The third-order valence-electron chi connectivity index (χ3n) is 7.42. The highest BCUT2D eigenvalue weighted by molar-refractivity contribution is 6.06. The van der Waals surface area contributed by atoms with Gasteiger partial charge in [-0.15, -0.1) is 0 Å². The summed E-state index contributed by atoms with van der Waals surface area (Å²) < 4.78 is 0. The summed E-state index contributed by atoms with van der Waals surface area (Å²) >= 11 is 0. The van der Waals surface area contributed by atoms with Gasteiger partial charge in [0.05, 0.1) is 11.4 Å². The highest BCUT2D eigenvalue weighted by Crippen LogP contribution is 2.27. The summed E-state index contributed by atoms with van der Waals surface area (Å²) in [6, 6.07) is 37.7. The molecule has 0 fully saturated rings. The van der Waals surface area contributed by atoms with Gasteiger partial charge in [-0.2, -0.15) is 0 Å². The van der Waals surface area contributed by atoms with E-state index >= 15 is 0 Å². The van der Waals surface area contributed by atoms with Gasteiger partial charge in [-0.05, 0) is 72.5 Å². The molecule has 0 unspecified atom stereocenters. The molecule has 0 heterocycles. The Kier molecular flexibility index (Phi) is 9.70. The third-order valence-corrected chi connectivity index (χ3v) is 7.42. The number of carbonyl (C=O) groups excluding carboxylic acids is 3. The molecule has 45 heavy (non-hydrogen) atoms. The summed E-state index contributed by atoms with van der Waals surface area (Å²) in [6.45, 7) is 4.33. The van der Waals surface area contributed by atoms with Crippen LogP contribution in [0.15, 0.2) is 121 Å². The first-order chi connectivity index (χ1) is 21.7. The molecule has 0 aliphatic heterocycles. The fourth-order valence-electron chi connectivity index (χ4n) is 5.16. The van der Waals surface area contributed by atoms with Gasteiger partial charge in [0.2, 0.25) is 5.91 Å². The van der Waals surface area contributed by atoms with Crippen molar-refractivity contribution in [1.82, 2.24) is 10.2 Å². The van der Waals surface area contributed by atoms with Crippen LogP contribution in [0.2, 0.25) is 0 Å². The maximum absolute atomic E-state index is 13.7. The molecule has 3 amide bonds. The van der Waals surface area contributed by atoms with Crippen molar-refractivity contribution in [3.63, 3.8) is 0 Å². The van der Waals surface area contributed by atoms with E-state index in [1.807, 2.05) is 105 Å². The molecule has 0 spiro atoms. The number of nitrogen functional groups attached to an aromatic ring is 1. The molecule has 0 atom stereocenters. The van der Waals surface area contributed by atoms with Gasteiger partial charge in [-0.1, -0.05) is 96.1 Å². The average Bonchev–Trinajstić information content (AvgIpc) is 3.05. The zero-order valence-corrected chi connectivity index (χ0v) is 25.4. The Hall–Kier alpha value is -5.69. The van der Waals surface area contributed by atoms with E-state index in [1.54, 1.807) is 30.3 Å². The van der Waals surface area contributed by atoms with Crippen molar-refractivity contribution >= 4 is 29.1 Å². The Labute approximate surface area is 263 Å². The minimum Gasteiger partial charge on any atom is -0.397 e. The lowest BCUT2D eigenvalue weighted by molar-refractivity contribution is -0.122. The van der Waals surface area contributed by atoms with Crippen molar-refractivity contribution in [3.05, 3.63) is 155 Å². The third kappa shape index (κ3) is 8.24. The van der Waals surface area contributed by atoms with Crippen molar-refractivity contribution in [2.24, 2.45) is 0 Å². The van der Waals surface area contributed by atoms with Crippen molar-refractivity contribution in [2.45, 2.75) is 26.9 Å². The van der Waals surface area contributed by atoms with Crippen molar-refractivity contribution < 1.29 is 14.4 Å². The van der Waals surface area contributed by atoms with Gasteiger partial charge in [-0.25, -0.2) is 0 Å². The Bertz CT molecular complexity index is 1780. The van der Waals surface area contributed by atoms with E-state index in [9.17, 15) is 14.4 Å². The molecule has 5 aromatic carbocycles. The lowest BCUT2D eigenvalue weighted by atomic mass is 10.0. The van der Waals surface area contributed by atoms with E-state index in [-0.39, 0.29) is 30.8 Å². The molecule has 226 valence electrons. The zero-order chi connectivity index (χ0) is 31.8. The number of hydrogen-bond acceptors (Lipinski definition) is 4. The van der Waals surface area contributed by atoms with Crippen LogP contribution >= 0.6 is 0 Å². The van der Waals surface area contributed by atoms with Crippen LogP contribution in [-0.4, -0.2) is 29.2 Å². The average molecular weight is 597 g/mol. The first-order valence-corrected chi connectivity index (χ1v) is 14.8. The molecule has 0 bridgehead atoms. The van der Waals surface area contributed by atoms with Crippen LogP contribution in [0.1, 0.15) is 43.0 Å². The molecule has 7 nitrogen and oxygen atoms in total. The van der Waals surface area contributed by atoms with Crippen LogP contribution in [0.3, 0.4) is 0 Å². The van der Waals surface area contributed by atoms with Crippen LogP contribution < -0.4 is 16.4 Å². The normalized spacial score (nSPS) is 10.6. The number of rotatable bonds is 10. The lowest BCUT2D eigenvalue weighted by Gasteiger charge is -2.23. The fraction of sp³-hybridized carbons (Fsp3) is 0.132. The molecule has 7 heteroatoms. The minimum atomic E-state index is -0.304. The molecule has 0 saturated carbocycles. The van der Waals surface area contributed by atoms with Crippen LogP contribution in [0.4, 0.5) is 11.4 Å². The molecule has 0 aliphatic carbocycles. The number of aryl methyl sites for hydroxylation is 2. The smallest absolute Gasteiger partial charge is 0.255 e. The molecule has 0 radical (unpaired) electrons. The number of carbonyl (C=O) groups is 3. The van der Waals surface area contributed by atoms with Crippen molar-refractivity contribution in [1.29, 1.82) is 0 Å². The van der Waals surface area contributed by atoms with E-state index in [1.165, 1.54) is 4.90 Å². The van der Waals surface area contributed by atoms with Crippen LogP contribution in [0.25, 0.3) is 11.1 Å². The van der Waals surface area contributed by atoms with Crippen molar-refractivity contribution in [2.75, 3.05) is 17.6 Å². The van der Waals surface area contributed by atoms with Gasteiger partial charge in [0.15, 0.2) is 0 Å². The van der Waals surface area contributed by atoms with Gasteiger partial charge < -0.3 is 21.3 Å². The number of anilines is 2. The number of benzene rings is 5. The number of nitrogens with zero attached hydrogens (tertiary/aromatic N) is 1. The second-order valence-electron chi connectivity index (χ2n) is 11.1. The summed E-state index contributed by atoms with van der Waals surface area (Å²) in [5.41, 5.74) is 13.8. The predicted molar refractivity (Wildman–Crippen MR) is 180 cm³/mol. The first-order valence-electron chi connectivity index (χ1n) is 14.8. The standard InChI is InChI=1S/C38H36N4O3/c1-26-19-27(2)21-33(20-26)38(45)42(25-36(43)40-23-28-9-5-3-6-10-28)24-29-13-15-31(16-14-29)37(44)41-35-22-32(17-18-34(35)39)30-11-7-4-8-12-30/h3-22H,23-25,39H2,1-2H3,(H,40,43)(H,41,44). The first kappa shape index (κ1) is 30.8. The van der Waals surface area contributed by atoms with E-state index in [0.29, 0.717) is 29.0 Å². The topological polar surface area (TPSA) is 105 Å². The molecule has 4 N–H and O–H groups in total. The molecule has 5 rings (SSSR count). The van der Waals surface area contributed by atoms with Crippen LogP contribution in [0.5, 0.6) is 0 Å². The molecule has 0 aliphatic rings. The second-order valence-corrected chi connectivity index (χ2v) is 11.1. The summed E-state index contributed by atoms with van der Waals surface area (Å²) in [6.07, 6.45) is 0.